The fourth-order valence-corrected chi connectivity index (χ4v) is 5.70. The molecule has 0 amide bonds. The van der Waals surface area contributed by atoms with Crippen molar-refractivity contribution in [1.82, 2.24) is 4.90 Å². The fourth-order valence-electron chi connectivity index (χ4n) is 3.61. The SMILES string of the molecule is O=S1(=O)CC[C@H](N(CCC[NH+]2CCOCC2)C(=S)Nc2ccc(F)cc2)C1. The molecular formula is C18H27FN3O3S2+. The van der Waals surface area contributed by atoms with Gasteiger partial charge in [0.05, 0.1) is 31.3 Å². The van der Waals surface area contributed by atoms with Crippen LogP contribution in [0.15, 0.2) is 24.3 Å². The molecule has 27 heavy (non-hydrogen) atoms. The number of quaternary nitrogens is 1. The van der Waals surface area contributed by atoms with Gasteiger partial charge in [0.1, 0.15) is 18.9 Å². The maximum Gasteiger partial charge on any atom is 0.173 e. The third-order valence-corrected chi connectivity index (χ3v) is 7.22. The number of morpholine rings is 1. The molecule has 1 aromatic carbocycles. The van der Waals surface area contributed by atoms with Gasteiger partial charge in [-0.25, -0.2) is 12.8 Å². The van der Waals surface area contributed by atoms with Crippen molar-refractivity contribution in [1.29, 1.82) is 0 Å². The summed E-state index contributed by atoms with van der Waals surface area (Å²) in [6.07, 6.45) is 1.52. The van der Waals surface area contributed by atoms with Crippen molar-refractivity contribution in [2.75, 3.05) is 56.2 Å². The average molecular weight is 417 g/mol. The molecule has 0 radical (unpaired) electrons. The smallest absolute Gasteiger partial charge is 0.173 e. The Balaban J connectivity index is 1.61. The van der Waals surface area contributed by atoms with E-state index in [1.165, 1.54) is 17.0 Å². The van der Waals surface area contributed by atoms with Crippen LogP contribution in [0.4, 0.5) is 10.1 Å². The van der Waals surface area contributed by atoms with E-state index in [0.717, 1.165) is 39.3 Å². The molecule has 0 saturated carbocycles. The van der Waals surface area contributed by atoms with E-state index in [1.54, 1.807) is 12.1 Å². The normalized spacial score (nSPS) is 22.5. The van der Waals surface area contributed by atoms with Crippen molar-refractivity contribution >= 4 is 32.9 Å². The van der Waals surface area contributed by atoms with Gasteiger partial charge in [-0.15, -0.1) is 0 Å². The number of anilines is 1. The zero-order valence-corrected chi connectivity index (χ0v) is 17.0. The van der Waals surface area contributed by atoms with Crippen LogP contribution in [0, 0.1) is 5.82 Å². The van der Waals surface area contributed by atoms with Crippen LogP contribution in [0.5, 0.6) is 0 Å². The summed E-state index contributed by atoms with van der Waals surface area (Å²) in [5.41, 5.74) is 0.700. The second-order valence-corrected chi connectivity index (χ2v) is 9.77. The lowest BCUT2D eigenvalue weighted by atomic mass is 10.2. The summed E-state index contributed by atoms with van der Waals surface area (Å²) in [5.74, 6) is 0.0451. The molecule has 2 heterocycles. The van der Waals surface area contributed by atoms with Crippen molar-refractivity contribution in [3.8, 4) is 0 Å². The van der Waals surface area contributed by atoms with E-state index in [2.05, 4.69) is 5.32 Å². The first-order chi connectivity index (χ1) is 12.9. The Morgan fingerprint density at radius 1 is 1.30 bits per heavy atom. The summed E-state index contributed by atoms with van der Waals surface area (Å²) >= 11 is 5.57. The molecular weight excluding hydrogens is 389 g/mol. The van der Waals surface area contributed by atoms with E-state index in [9.17, 15) is 12.8 Å². The monoisotopic (exact) mass is 416 g/mol. The topological polar surface area (TPSA) is 63.1 Å². The fraction of sp³-hybridized carbons (Fsp3) is 0.611. The number of benzene rings is 1. The number of hydrogen-bond acceptors (Lipinski definition) is 4. The second kappa shape index (κ2) is 9.27. The highest BCUT2D eigenvalue weighted by molar-refractivity contribution is 7.91. The predicted molar refractivity (Wildman–Crippen MR) is 107 cm³/mol. The molecule has 0 unspecified atom stereocenters. The third-order valence-electron chi connectivity index (χ3n) is 5.13. The molecule has 2 N–H and O–H groups in total. The number of ether oxygens (including phenoxy) is 1. The van der Waals surface area contributed by atoms with Gasteiger partial charge in [0.15, 0.2) is 14.9 Å². The number of nitrogens with one attached hydrogen (secondary N) is 2. The molecule has 2 aliphatic heterocycles. The van der Waals surface area contributed by atoms with Gasteiger partial charge < -0.3 is 19.9 Å². The van der Waals surface area contributed by atoms with Gasteiger partial charge in [-0.3, -0.25) is 0 Å². The summed E-state index contributed by atoms with van der Waals surface area (Å²) in [6, 6.07) is 5.90. The quantitative estimate of drug-likeness (QED) is 0.652. The van der Waals surface area contributed by atoms with Gasteiger partial charge >= 0.3 is 0 Å². The highest BCUT2D eigenvalue weighted by Gasteiger charge is 2.33. The van der Waals surface area contributed by atoms with Crippen LogP contribution >= 0.6 is 12.2 Å². The van der Waals surface area contributed by atoms with Crippen molar-refractivity contribution in [2.24, 2.45) is 0 Å². The number of thiocarbonyl (C=S) groups is 1. The summed E-state index contributed by atoms with van der Waals surface area (Å²) in [4.78, 5) is 3.51. The maximum absolute atomic E-state index is 13.1. The molecule has 3 rings (SSSR count). The Labute approximate surface area is 165 Å². The van der Waals surface area contributed by atoms with E-state index >= 15 is 0 Å². The molecule has 9 heteroatoms. The minimum atomic E-state index is -3.00. The first kappa shape index (κ1) is 20.4. The van der Waals surface area contributed by atoms with Crippen molar-refractivity contribution in [3.05, 3.63) is 30.1 Å². The van der Waals surface area contributed by atoms with Gasteiger partial charge in [0.25, 0.3) is 0 Å². The Hall–Kier alpha value is -1.29. The standard InChI is InChI=1S/C18H26FN3O3S2/c19-15-2-4-16(5-3-15)20-18(26)22(17-6-13-27(23,24)14-17)8-1-7-21-9-11-25-12-10-21/h2-5,17H,1,6-14H2,(H,20,26)/p+1/t17-/m0/s1. The van der Waals surface area contributed by atoms with Crippen LogP contribution in [0.2, 0.25) is 0 Å². The van der Waals surface area contributed by atoms with Crippen LogP contribution in [-0.4, -0.2) is 75.4 Å². The Kier molecular flexibility index (Phi) is 7.02. The van der Waals surface area contributed by atoms with Crippen molar-refractivity contribution < 1.29 is 22.4 Å². The average Bonchev–Trinajstić information content (AvgIpc) is 3.01. The van der Waals surface area contributed by atoms with Gasteiger partial charge in [-0.05, 0) is 42.9 Å². The minimum absolute atomic E-state index is 0.102. The Morgan fingerprint density at radius 3 is 2.63 bits per heavy atom. The highest BCUT2D eigenvalue weighted by atomic mass is 32.2. The molecule has 0 aliphatic carbocycles. The zero-order chi connectivity index (χ0) is 19.3. The van der Waals surface area contributed by atoms with Gasteiger partial charge in [-0.2, -0.15) is 0 Å². The predicted octanol–water partition coefficient (Wildman–Crippen LogP) is 0.317. The molecule has 150 valence electrons. The summed E-state index contributed by atoms with van der Waals surface area (Å²) in [5, 5.41) is 3.63. The number of rotatable bonds is 6. The molecule has 0 aromatic heterocycles. The number of nitrogens with zero attached hydrogens (tertiary/aromatic N) is 1. The van der Waals surface area contributed by atoms with Crippen LogP contribution in [0.25, 0.3) is 0 Å². The molecule has 2 fully saturated rings. The molecule has 2 aliphatic rings. The van der Waals surface area contributed by atoms with Crippen molar-refractivity contribution in [2.45, 2.75) is 18.9 Å². The van der Waals surface area contributed by atoms with Gasteiger partial charge in [-0.1, -0.05) is 0 Å². The first-order valence-electron chi connectivity index (χ1n) is 9.38. The minimum Gasteiger partial charge on any atom is -0.370 e. The van der Waals surface area contributed by atoms with Crippen LogP contribution in [-0.2, 0) is 14.6 Å². The number of halogens is 1. The molecule has 1 aromatic rings. The molecule has 0 spiro atoms. The maximum atomic E-state index is 13.1. The first-order valence-corrected chi connectivity index (χ1v) is 11.6. The Morgan fingerprint density at radius 2 is 2.00 bits per heavy atom. The molecule has 0 bridgehead atoms. The molecule has 6 nitrogen and oxygen atoms in total. The molecule has 1 atom stereocenters. The number of hydrogen-bond donors (Lipinski definition) is 2. The van der Waals surface area contributed by atoms with Crippen LogP contribution in [0.3, 0.4) is 0 Å². The van der Waals surface area contributed by atoms with Crippen molar-refractivity contribution in [3.63, 3.8) is 0 Å². The van der Waals surface area contributed by atoms with Crippen LogP contribution in [0.1, 0.15) is 12.8 Å². The lowest BCUT2D eigenvalue weighted by Gasteiger charge is -2.32. The summed E-state index contributed by atoms with van der Waals surface area (Å²) < 4.78 is 42.4. The van der Waals surface area contributed by atoms with E-state index in [-0.39, 0.29) is 23.4 Å². The second-order valence-electron chi connectivity index (χ2n) is 7.15. The van der Waals surface area contributed by atoms with E-state index < -0.39 is 9.84 Å². The largest absolute Gasteiger partial charge is 0.370 e. The highest BCUT2D eigenvalue weighted by Crippen LogP contribution is 2.20. The molecule has 2 saturated heterocycles. The van der Waals surface area contributed by atoms with E-state index in [1.807, 2.05) is 4.90 Å². The van der Waals surface area contributed by atoms with E-state index in [4.69, 9.17) is 17.0 Å². The van der Waals surface area contributed by atoms with Gasteiger partial charge in [0, 0.05) is 24.7 Å². The Bertz CT molecular complexity index is 737. The summed E-state index contributed by atoms with van der Waals surface area (Å²) in [7, 11) is -3.00. The number of sulfone groups is 1. The summed E-state index contributed by atoms with van der Waals surface area (Å²) in [6.45, 7) is 5.33. The zero-order valence-electron chi connectivity index (χ0n) is 15.3. The van der Waals surface area contributed by atoms with Gasteiger partial charge in [0.2, 0.25) is 0 Å². The van der Waals surface area contributed by atoms with E-state index in [0.29, 0.717) is 23.8 Å². The third kappa shape index (κ3) is 6.10. The lowest BCUT2D eigenvalue weighted by molar-refractivity contribution is -0.908. The van der Waals surface area contributed by atoms with Crippen LogP contribution < -0.4 is 10.2 Å². The lowest BCUT2D eigenvalue weighted by Crippen LogP contribution is -3.14.